The van der Waals surface area contributed by atoms with Crippen LogP contribution in [-0.4, -0.2) is 4.57 Å². The number of rotatable bonds is 5. The molecule has 0 aliphatic rings. The van der Waals surface area contributed by atoms with Crippen molar-refractivity contribution in [1.82, 2.24) is 4.57 Å². The molecule has 0 fully saturated rings. The van der Waals surface area contributed by atoms with Crippen LogP contribution in [0.5, 0.6) is 0 Å². The Kier molecular flexibility index (Phi) is 4.41. The molecular weight excluding hydrogens is 232 g/mol. The molecule has 0 aliphatic heterocycles. The summed E-state index contributed by atoms with van der Waals surface area (Å²) in [6.45, 7) is 10.1. The van der Waals surface area contributed by atoms with Crippen LogP contribution in [0.4, 0.5) is 0 Å². The fourth-order valence-corrected chi connectivity index (χ4v) is 2.35. The molecular formula is C17H25N2+. The van der Waals surface area contributed by atoms with Crippen molar-refractivity contribution in [3.8, 4) is 5.69 Å². The molecule has 1 aromatic heterocycles. The number of hydrogen-bond donors (Lipinski definition) is 0. The van der Waals surface area contributed by atoms with E-state index in [0.717, 1.165) is 13.0 Å². The monoisotopic (exact) mass is 257 g/mol. The van der Waals surface area contributed by atoms with E-state index < -0.39 is 0 Å². The van der Waals surface area contributed by atoms with Crippen LogP contribution in [0.15, 0.2) is 43.0 Å². The van der Waals surface area contributed by atoms with Crippen molar-refractivity contribution >= 4 is 0 Å². The zero-order chi connectivity index (χ0) is 13.8. The number of benzene rings is 1. The van der Waals surface area contributed by atoms with Crippen LogP contribution in [0.25, 0.3) is 5.69 Å². The Morgan fingerprint density at radius 1 is 1.00 bits per heavy atom. The maximum Gasteiger partial charge on any atom is 0.248 e. The quantitative estimate of drug-likeness (QED) is 0.723. The Balaban J connectivity index is 2.11. The largest absolute Gasteiger partial charge is 0.248 e. The lowest BCUT2D eigenvalue weighted by molar-refractivity contribution is -0.701. The first-order valence-electron chi connectivity index (χ1n) is 7.21. The Morgan fingerprint density at radius 2 is 1.68 bits per heavy atom. The highest BCUT2D eigenvalue weighted by Crippen LogP contribution is 2.12. The molecule has 2 heteroatoms. The summed E-state index contributed by atoms with van der Waals surface area (Å²) in [5, 5.41) is 0. The first-order chi connectivity index (χ1) is 9.04. The van der Waals surface area contributed by atoms with Crippen LogP contribution in [0.2, 0.25) is 0 Å². The van der Waals surface area contributed by atoms with Crippen molar-refractivity contribution in [1.29, 1.82) is 0 Å². The molecule has 0 N–H and O–H groups in total. The highest BCUT2D eigenvalue weighted by Gasteiger charge is 2.08. The van der Waals surface area contributed by atoms with Gasteiger partial charge in [0.15, 0.2) is 0 Å². The summed E-state index contributed by atoms with van der Waals surface area (Å²) in [4.78, 5) is 0. The lowest BCUT2D eigenvalue weighted by Gasteiger charge is -2.04. The molecule has 0 unspecified atom stereocenters. The SMILES string of the molecule is CC(C)Cc1ccc(-n2cc[n+](CC(C)C)c2)cc1. The lowest BCUT2D eigenvalue weighted by atomic mass is 10.0. The maximum atomic E-state index is 2.26. The first kappa shape index (κ1) is 13.9. The zero-order valence-electron chi connectivity index (χ0n) is 12.5. The third-order valence-corrected chi connectivity index (χ3v) is 3.15. The van der Waals surface area contributed by atoms with Gasteiger partial charge in [-0.25, -0.2) is 9.13 Å². The van der Waals surface area contributed by atoms with Crippen LogP contribution in [0.3, 0.4) is 0 Å². The number of nitrogens with zero attached hydrogens (tertiary/aromatic N) is 2. The summed E-state index contributed by atoms with van der Waals surface area (Å²) in [6.07, 6.45) is 7.58. The number of aromatic nitrogens is 2. The first-order valence-corrected chi connectivity index (χ1v) is 7.21. The van der Waals surface area contributed by atoms with Gasteiger partial charge in [0.05, 0.1) is 6.54 Å². The summed E-state index contributed by atoms with van der Waals surface area (Å²) in [7, 11) is 0. The van der Waals surface area contributed by atoms with Crippen molar-refractivity contribution < 1.29 is 4.57 Å². The second-order valence-electron chi connectivity index (χ2n) is 6.18. The van der Waals surface area contributed by atoms with Gasteiger partial charge in [0.2, 0.25) is 6.33 Å². The minimum absolute atomic E-state index is 0.675. The molecule has 0 amide bonds. The third kappa shape index (κ3) is 3.95. The van der Waals surface area contributed by atoms with Crippen LogP contribution in [-0.2, 0) is 13.0 Å². The molecule has 2 nitrogen and oxygen atoms in total. The number of imidazole rings is 1. The van der Waals surface area contributed by atoms with E-state index in [0.29, 0.717) is 11.8 Å². The van der Waals surface area contributed by atoms with Crippen molar-refractivity contribution in [2.75, 3.05) is 0 Å². The van der Waals surface area contributed by atoms with E-state index in [-0.39, 0.29) is 0 Å². The Hall–Kier alpha value is -1.57. The molecule has 0 spiro atoms. The predicted octanol–water partition coefficient (Wildman–Crippen LogP) is 3.62. The van der Waals surface area contributed by atoms with Gasteiger partial charge in [-0.3, -0.25) is 0 Å². The predicted molar refractivity (Wildman–Crippen MR) is 79.3 cm³/mol. The molecule has 19 heavy (non-hydrogen) atoms. The second kappa shape index (κ2) is 6.05. The molecule has 2 aromatic rings. The topological polar surface area (TPSA) is 8.81 Å². The van der Waals surface area contributed by atoms with Gasteiger partial charge in [-0.1, -0.05) is 39.8 Å². The molecule has 0 radical (unpaired) electrons. The molecule has 1 aromatic carbocycles. The molecule has 2 rings (SSSR count). The molecule has 0 saturated carbocycles. The maximum absolute atomic E-state index is 2.26. The van der Waals surface area contributed by atoms with Crippen molar-refractivity contribution in [2.45, 2.75) is 40.7 Å². The fourth-order valence-electron chi connectivity index (χ4n) is 2.35. The van der Waals surface area contributed by atoms with E-state index in [1.807, 2.05) is 0 Å². The molecule has 0 atom stereocenters. The summed E-state index contributed by atoms with van der Waals surface area (Å²) in [5.74, 6) is 1.39. The van der Waals surface area contributed by atoms with Gasteiger partial charge < -0.3 is 0 Å². The second-order valence-corrected chi connectivity index (χ2v) is 6.18. The van der Waals surface area contributed by atoms with Gasteiger partial charge in [0.25, 0.3) is 0 Å². The Bertz CT molecular complexity index is 506. The summed E-state index contributed by atoms with van der Waals surface area (Å²) in [5.41, 5.74) is 2.65. The summed E-state index contributed by atoms with van der Waals surface area (Å²) >= 11 is 0. The Morgan fingerprint density at radius 3 is 2.26 bits per heavy atom. The van der Waals surface area contributed by atoms with E-state index in [9.17, 15) is 0 Å². The van der Waals surface area contributed by atoms with Crippen molar-refractivity contribution in [2.24, 2.45) is 11.8 Å². The van der Waals surface area contributed by atoms with E-state index in [4.69, 9.17) is 0 Å². The summed E-state index contributed by atoms with van der Waals surface area (Å²) < 4.78 is 4.42. The van der Waals surface area contributed by atoms with Crippen LogP contribution in [0.1, 0.15) is 33.3 Å². The van der Waals surface area contributed by atoms with Gasteiger partial charge in [0, 0.05) is 0 Å². The van der Waals surface area contributed by atoms with Crippen LogP contribution < -0.4 is 4.57 Å². The van der Waals surface area contributed by atoms with Crippen LogP contribution in [0, 0.1) is 11.8 Å². The lowest BCUT2D eigenvalue weighted by Crippen LogP contribution is -2.33. The highest BCUT2D eigenvalue weighted by molar-refractivity contribution is 5.34. The van der Waals surface area contributed by atoms with E-state index in [2.05, 4.69) is 79.8 Å². The van der Waals surface area contributed by atoms with Gasteiger partial charge in [0.1, 0.15) is 18.1 Å². The molecule has 0 saturated heterocycles. The smallest absolute Gasteiger partial charge is 0.236 e. The molecule has 0 aliphatic carbocycles. The van der Waals surface area contributed by atoms with Gasteiger partial charge in [-0.15, -0.1) is 0 Å². The van der Waals surface area contributed by atoms with E-state index >= 15 is 0 Å². The minimum Gasteiger partial charge on any atom is -0.236 e. The molecule has 1 heterocycles. The average Bonchev–Trinajstić information content (AvgIpc) is 2.76. The fraction of sp³-hybridized carbons (Fsp3) is 0.471. The standard InChI is InChI=1S/C17H25N2/c1-14(2)11-16-5-7-17(8-6-16)19-10-9-18(13-19)12-15(3)4/h5-10,13-15H,11-12H2,1-4H3/q+1. The number of hydrogen-bond acceptors (Lipinski definition) is 0. The average molecular weight is 257 g/mol. The zero-order valence-corrected chi connectivity index (χ0v) is 12.5. The van der Waals surface area contributed by atoms with Gasteiger partial charge >= 0.3 is 0 Å². The Labute approximate surface area is 116 Å². The molecule has 102 valence electrons. The van der Waals surface area contributed by atoms with Crippen LogP contribution >= 0.6 is 0 Å². The van der Waals surface area contributed by atoms with E-state index in [1.165, 1.54) is 11.3 Å². The van der Waals surface area contributed by atoms with E-state index in [1.54, 1.807) is 0 Å². The van der Waals surface area contributed by atoms with Crippen molar-refractivity contribution in [3.05, 3.63) is 48.5 Å². The highest BCUT2D eigenvalue weighted by atomic mass is 15.1. The van der Waals surface area contributed by atoms with Gasteiger partial charge in [-0.2, -0.15) is 0 Å². The van der Waals surface area contributed by atoms with Crippen molar-refractivity contribution in [3.63, 3.8) is 0 Å². The minimum atomic E-state index is 0.675. The molecule has 0 bridgehead atoms. The van der Waals surface area contributed by atoms with Gasteiger partial charge in [-0.05, 0) is 36.0 Å². The third-order valence-electron chi connectivity index (χ3n) is 3.15. The normalized spacial score (nSPS) is 11.5. The summed E-state index contributed by atoms with van der Waals surface area (Å²) in [6, 6.07) is 8.89.